The van der Waals surface area contributed by atoms with Crippen molar-refractivity contribution in [3.63, 3.8) is 0 Å². The Hall–Kier alpha value is -0.650. The van der Waals surface area contributed by atoms with E-state index >= 15 is 0 Å². The molecule has 0 aromatic carbocycles. The number of rotatable bonds is 7. The second kappa shape index (κ2) is 7.96. The molecule has 0 radical (unpaired) electrons. The third-order valence-corrected chi connectivity index (χ3v) is 3.63. The molecule has 1 heterocycles. The Morgan fingerprint density at radius 1 is 1.50 bits per heavy atom. The van der Waals surface area contributed by atoms with Gasteiger partial charge in [-0.1, -0.05) is 0 Å². The van der Waals surface area contributed by atoms with E-state index < -0.39 is 0 Å². The first-order valence-corrected chi connectivity index (χ1v) is 7.62. The van der Waals surface area contributed by atoms with Gasteiger partial charge in [-0.05, 0) is 47.1 Å². The van der Waals surface area contributed by atoms with E-state index in [1.54, 1.807) is 7.11 Å². The monoisotopic (exact) mass is 285 g/mol. The lowest BCUT2D eigenvalue weighted by Gasteiger charge is -2.32. The molecule has 2 unspecified atom stereocenters. The molecule has 20 heavy (non-hydrogen) atoms. The summed E-state index contributed by atoms with van der Waals surface area (Å²) in [7, 11) is 1.70. The zero-order valence-corrected chi connectivity index (χ0v) is 13.7. The molecule has 1 amide bonds. The van der Waals surface area contributed by atoms with Crippen molar-refractivity contribution in [2.45, 2.75) is 58.2 Å². The molecule has 118 valence electrons. The van der Waals surface area contributed by atoms with Gasteiger partial charge in [0.2, 0.25) is 5.91 Å². The smallest absolute Gasteiger partial charge is 0.237 e. The zero-order valence-electron chi connectivity index (χ0n) is 13.7. The van der Waals surface area contributed by atoms with Crippen LogP contribution in [0.2, 0.25) is 0 Å². The molecular weight excluding hydrogens is 254 g/mol. The molecule has 1 aliphatic rings. The average Bonchev–Trinajstić information content (AvgIpc) is 2.84. The number of hydrogen-bond acceptors (Lipinski definition) is 4. The van der Waals surface area contributed by atoms with Gasteiger partial charge in [-0.3, -0.25) is 9.69 Å². The van der Waals surface area contributed by atoms with Crippen molar-refractivity contribution in [3.8, 4) is 0 Å². The van der Waals surface area contributed by atoms with Crippen molar-refractivity contribution in [3.05, 3.63) is 0 Å². The normalized spacial score (nSPS) is 21.2. The average molecular weight is 285 g/mol. The van der Waals surface area contributed by atoms with Crippen LogP contribution < -0.4 is 10.6 Å². The van der Waals surface area contributed by atoms with E-state index in [9.17, 15) is 4.79 Å². The van der Waals surface area contributed by atoms with Crippen molar-refractivity contribution in [2.75, 3.05) is 33.4 Å². The molecule has 0 bridgehead atoms. The Labute approximate surface area is 123 Å². The summed E-state index contributed by atoms with van der Waals surface area (Å²) in [6.07, 6.45) is 2.42. The molecule has 1 aliphatic heterocycles. The highest BCUT2D eigenvalue weighted by atomic mass is 16.5. The van der Waals surface area contributed by atoms with Crippen LogP contribution in [0.3, 0.4) is 0 Å². The van der Waals surface area contributed by atoms with E-state index in [1.165, 1.54) is 12.8 Å². The quantitative estimate of drug-likeness (QED) is 0.732. The third-order valence-electron chi connectivity index (χ3n) is 3.63. The lowest BCUT2D eigenvalue weighted by Crippen LogP contribution is -2.53. The Bertz CT molecular complexity index is 296. The van der Waals surface area contributed by atoms with E-state index in [1.807, 2.05) is 27.7 Å². The Morgan fingerprint density at radius 2 is 2.20 bits per heavy atom. The standard InChI is InChI=1S/C15H31N3O2/c1-12(14(19)17-15(2,3)4)18(9-10-20-5)11-13-7-6-8-16-13/h12-13,16H,6-11H2,1-5H3,(H,17,19). The van der Waals surface area contributed by atoms with Crippen LogP contribution in [0, 0.1) is 0 Å². The first-order chi connectivity index (χ1) is 9.33. The second-order valence-corrected chi connectivity index (χ2v) is 6.70. The molecule has 1 rings (SSSR count). The summed E-state index contributed by atoms with van der Waals surface area (Å²) in [6.45, 7) is 11.4. The van der Waals surface area contributed by atoms with Gasteiger partial charge < -0.3 is 15.4 Å². The number of nitrogens with zero attached hydrogens (tertiary/aromatic N) is 1. The van der Waals surface area contributed by atoms with Gasteiger partial charge in [0.05, 0.1) is 12.6 Å². The van der Waals surface area contributed by atoms with Crippen LogP contribution >= 0.6 is 0 Å². The molecule has 0 saturated carbocycles. The summed E-state index contributed by atoms with van der Waals surface area (Å²) in [5, 5.41) is 6.55. The Balaban J connectivity index is 2.57. The minimum Gasteiger partial charge on any atom is -0.383 e. The van der Waals surface area contributed by atoms with E-state index in [-0.39, 0.29) is 17.5 Å². The molecule has 5 heteroatoms. The van der Waals surface area contributed by atoms with Gasteiger partial charge in [0, 0.05) is 31.8 Å². The topological polar surface area (TPSA) is 53.6 Å². The summed E-state index contributed by atoms with van der Waals surface area (Å²) >= 11 is 0. The van der Waals surface area contributed by atoms with Gasteiger partial charge in [-0.15, -0.1) is 0 Å². The van der Waals surface area contributed by atoms with Crippen molar-refractivity contribution in [2.24, 2.45) is 0 Å². The fraction of sp³-hybridized carbons (Fsp3) is 0.933. The Kier molecular flexibility index (Phi) is 6.92. The van der Waals surface area contributed by atoms with Crippen LogP contribution in [0.1, 0.15) is 40.5 Å². The van der Waals surface area contributed by atoms with Crippen molar-refractivity contribution < 1.29 is 9.53 Å². The largest absolute Gasteiger partial charge is 0.383 e. The van der Waals surface area contributed by atoms with Crippen LogP contribution in [-0.4, -0.2) is 61.8 Å². The molecule has 1 fully saturated rings. The Morgan fingerprint density at radius 3 is 2.70 bits per heavy atom. The summed E-state index contributed by atoms with van der Waals surface area (Å²) in [6, 6.07) is 0.364. The zero-order chi connectivity index (χ0) is 15.2. The number of methoxy groups -OCH3 is 1. The number of amides is 1. The van der Waals surface area contributed by atoms with Crippen molar-refractivity contribution >= 4 is 5.91 Å². The highest BCUT2D eigenvalue weighted by Crippen LogP contribution is 2.10. The van der Waals surface area contributed by atoms with Gasteiger partial charge in [0.1, 0.15) is 0 Å². The van der Waals surface area contributed by atoms with Gasteiger partial charge >= 0.3 is 0 Å². The first-order valence-electron chi connectivity index (χ1n) is 7.62. The van der Waals surface area contributed by atoms with Crippen LogP contribution in [-0.2, 0) is 9.53 Å². The SMILES string of the molecule is COCCN(CC1CCCN1)C(C)C(=O)NC(C)(C)C. The van der Waals surface area contributed by atoms with Gasteiger partial charge in [-0.25, -0.2) is 0 Å². The maximum absolute atomic E-state index is 12.3. The van der Waals surface area contributed by atoms with Crippen molar-refractivity contribution in [1.82, 2.24) is 15.5 Å². The number of hydrogen-bond donors (Lipinski definition) is 2. The summed E-state index contributed by atoms with van der Waals surface area (Å²) < 4.78 is 5.17. The molecule has 1 saturated heterocycles. The lowest BCUT2D eigenvalue weighted by molar-refractivity contribution is -0.127. The van der Waals surface area contributed by atoms with Crippen LogP contribution in [0.25, 0.3) is 0 Å². The number of nitrogens with one attached hydrogen (secondary N) is 2. The van der Waals surface area contributed by atoms with Crippen LogP contribution in [0.4, 0.5) is 0 Å². The van der Waals surface area contributed by atoms with Gasteiger partial charge in [0.15, 0.2) is 0 Å². The first kappa shape index (κ1) is 17.4. The molecule has 0 aromatic rings. The number of ether oxygens (including phenoxy) is 1. The predicted molar refractivity (Wildman–Crippen MR) is 81.8 cm³/mol. The lowest BCUT2D eigenvalue weighted by atomic mass is 10.1. The highest BCUT2D eigenvalue weighted by Gasteiger charge is 2.27. The van der Waals surface area contributed by atoms with E-state index in [2.05, 4.69) is 15.5 Å². The predicted octanol–water partition coefficient (Wildman–Crippen LogP) is 0.990. The molecule has 5 nitrogen and oxygen atoms in total. The maximum atomic E-state index is 12.3. The van der Waals surface area contributed by atoms with Crippen LogP contribution in [0.15, 0.2) is 0 Å². The fourth-order valence-electron chi connectivity index (χ4n) is 2.49. The molecule has 0 spiro atoms. The van der Waals surface area contributed by atoms with Crippen LogP contribution in [0.5, 0.6) is 0 Å². The van der Waals surface area contributed by atoms with Crippen molar-refractivity contribution in [1.29, 1.82) is 0 Å². The fourth-order valence-corrected chi connectivity index (χ4v) is 2.49. The third kappa shape index (κ3) is 6.20. The molecule has 2 atom stereocenters. The van der Waals surface area contributed by atoms with Gasteiger partial charge in [-0.2, -0.15) is 0 Å². The summed E-state index contributed by atoms with van der Waals surface area (Å²) in [4.78, 5) is 14.5. The molecule has 2 N–H and O–H groups in total. The molecule has 0 aromatic heterocycles. The summed E-state index contributed by atoms with van der Waals surface area (Å²) in [5.74, 6) is 0.0894. The highest BCUT2D eigenvalue weighted by molar-refractivity contribution is 5.81. The number of carbonyl (C=O) groups is 1. The van der Waals surface area contributed by atoms with Gasteiger partial charge in [0.25, 0.3) is 0 Å². The number of carbonyl (C=O) groups excluding carboxylic acids is 1. The minimum atomic E-state index is -0.191. The van der Waals surface area contributed by atoms with E-state index in [4.69, 9.17) is 4.74 Å². The summed E-state index contributed by atoms with van der Waals surface area (Å²) in [5.41, 5.74) is -0.191. The van der Waals surface area contributed by atoms with E-state index in [0.717, 1.165) is 19.6 Å². The minimum absolute atomic E-state index is 0.0894. The second-order valence-electron chi connectivity index (χ2n) is 6.70. The molecular formula is C15H31N3O2. The van der Waals surface area contributed by atoms with E-state index in [0.29, 0.717) is 12.6 Å². The maximum Gasteiger partial charge on any atom is 0.237 e. The molecule has 0 aliphatic carbocycles.